The third kappa shape index (κ3) is 7.02. The Hall–Kier alpha value is -2.31. The van der Waals surface area contributed by atoms with E-state index in [0.29, 0.717) is 37.5 Å². The molecule has 1 saturated heterocycles. The number of carbonyl (C=O) groups excluding carboxylic acids is 2. The molecule has 1 aromatic rings. The van der Waals surface area contributed by atoms with Crippen molar-refractivity contribution in [2.24, 2.45) is 5.92 Å². The molecule has 2 amide bonds. The Morgan fingerprint density at radius 1 is 1.25 bits per heavy atom. The van der Waals surface area contributed by atoms with Crippen LogP contribution in [0.3, 0.4) is 0 Å². The number of hydrogen-bond acceptors (Lipinski definition) is 4. The van der Waals surface area contributed by atoms with E-state index >= 15 is 0 Å². The smallest absolute Gasteiger partial charge is 0.408 e. The Morgan fingerprint density at radius 2 is 1.86 bits per heavy atom. The Morgan fingerprint density at radius 3 is 2.39 bits per heavy atom. The maximum atomic E-state index is 13.1. The summed E-state index contributed by atoms with van der Waals surface area (Å²) in [5.74, 6) is 0.185. The van der Waals surface area contributed by atoms with Gasteiger partial charge >= 0.3 is 6.09 Å². The third-order valence-corrected chi connectivity index (χ3v) is 4.85. The molecule has 2 rings (SSSR count). The van der Waals surface area contributed by atoms with Gasteiger partial charge in [0.1, 0.15) is 11.6 Å². The number of ether oxygens (including phenoxy) is 1. The average molecular weight is 394 g/mol. The number of carbonyl (C=O) groups is 2. The number of piperidine rings is 1. The summed E-state index contributed by atoms with van der Waals surface area (Å²) in [4.78, 5) is 27.1. The first-order valence-electron chi connectivity index (χ1n) is 9.86. The standard InChI is InChI=1S/C21H32FN3O3/c1-21(2,3)28-20(27)24-18(14-16-4-6-17(23)7-5-16)19(26)25-12-9-15(8-11-22)10-13-25/h4-7,15,18H,8-14,23H2,1-3H3,(H,24,27). The summed E-state index contributed by atoms with van der Waals surface area (Å²) in [7, 11) is 0. The van der Waals surface area contributed by atoms with Crippen LogP contribution in [0.4, 0.5) is 14.9 Å². The van der Waals surface area contributed by atoms with Gasteiger partial charge < -0.3 is 20.7 Å². The number of likely N-dealkylation sites (tertiary alicyclic amines) is 1. The highest BCUT2D eigenvalue weighted by atomic mass is 19.1. The van der Waals surface area contributed by atoms with Crippen molar-refractivity contribution >= 4 is 17.7 Å². The molecule has 156 valence electrons. The van der Waals surface area contributed by atoms with Gasteiger partial charge in [-0.25, -0.2) is 4.79 Å². The molecule has 1 unspecified atom stereocenters. The van der Waals surface area contributed by atoms with Gasteiger partial charge in [0, 0.05) is 25.2 Å². The van der Waals surface area contributed by atoms with Crippen LogP contribution in [0.2, 0.25) is 0 Å². The maximum absolute atomic E-state index is 13.1. The fourth-order valence-corrected chi connectivity index (χ4v) is 3.36. The molecule has 1 aromatic carbocycles. The van der Waals surface area contributed by atoms with E-state index in [4.69, 9.17) is 10.5 Å². The van der Waals surface area contributed by atoms with Crippen molar-refractivity contribution in [1.82, 2.24) is 10.2 Å². The normalized spacial score (nSPS) is 16.5. The van der Waals surface area contributed by atoms with Crippen molar-refractivity contribution in [3.63, 3.8) is 0 Å². The Labute approximate surface area is 166 Å². The van der Waals surface area contributed by atoms with Crippen molar-refractivity contribution in [3.8, 4) is 0 Å². The maximum Gasteiger partial charge on any atom is 0.408 e. The van der Waals surface area contributed by atoms with Crippen LogP contribution in [0.1, 0.15) is 45.6 Å². The summed E-state index contributed by atoms with van der Waals surface area (Å²) in [6, 6.07) is 6.51. The second-order valence-electron chi connectivity index (χ2n) is 8.39. The molecule has 6 nitrogen and oxygen atoms in total. The number of rotatable bonds is 6. The zero-order valence-electron chi connectivity index (χ0n) is 17.0. The predicted octanol–water partition coefficient (Wildman–Crippen LogP) is 3.30. The molecule has 3 N–H and O–H groups in total. The lowest BCUT2D eigenvalue weighted by Crippen LogP contribution is -2.52. The minimum Gasteiger partial charge on any atom is -0.444 e. The highest BCUT2D eigenvalue weighted by Gasteiger charge is 2.30. The molecular weight excluding hydrogens is 361 g/mol. The van der Waals surface area contributed by atoms with E-state index in [-0.39, 0.29) is 12.6 Å². The van der Waals surface area contributed by atoms with Crippen LogP contribution in [-0.4, -0.2) is 48.3 Å². The van der Waals surface area contributed by atoms with Gasteiger partial charge in [-0.05, 0) is 63.6 Å². The number of alkyl carbamates (subject to hydrolysis) is 1. The Balaban J connectivity index is 2.07. The molecule has 1 heterocycles. The van der Waals surface area contributed by atoms with Crippen LogP contribution in [0, 0.1) is 5.92 Å². The summed E-state index contributed by atoms with van der Waals surface area (Å²) in [6.07, 6.45) is 1.86. The second-order valence-corrected chi connectivity index (χ2v) is 8.39. The molecule has 0 saturated carbocycles. The Kier molecular flexibility index (Phi) is 7.66. The number of hydrogen-bond donors (Lipinski definition) is 2. The van der Waals surface area contributed by atoms with Gasteiger partial charge in [-0.15, -0.1) is 0 Å². The number of anilines is 1. The van der Waals surface area contributed by atoms with Crippen molar-refractivity contribution in [1.29, 1.82) is 0 Å². The number of nitrogens with zero attached hydrogens (tertiary/aromatic N) is 1. The van der Waals surface area contributed by atoms with Gasteiger partial charge in [-0.3, -0.25) is 9.18 Å². The molecular formula is C21H32FN3O3. The molecule has 28 heavy (non-hydrogen) atoms. The highest BCUT2D eigenvalue weighted by Crippen LogP contribution is 2.22. The van der Waals surface area contributed by atoms with E-state index in [0.717, 1.165) is 18.4 Å². The summed E-state index contributed by atoms with van der Waals surface area (Å²) < 4.78 is 17.9. The van der Waals surface area contributed by atoms with Crippen LogP contribution < -0.4 is 11.1 Å². The van der Waals surface area contributed by atoms with Crippen molar-refractivity contribution in [3.05, 3.63) is 29.8 Å². The van der Waals surface area contributed by atoms with E-state index in [1.54, 1.807) is 37.8 Å². The zero-order valence-corrected chi connectivity index (χ0v) is 17.0. The lowest BCUT2D eigenvalue weighted by molar-refractivity contribution is -0.134. The van der Waals surface area contributed by atoms with Gasteiger partial charge in [0.15, 0.2) is 0 Å². The molecule has 1 atom stereocenters. The van der Waals surface area contributed by atoms with E-state index in [1.165, 1.54) is 0 Å². The van der Waals surface area contributed by atoms with Gasteiger partial charge in [-0.2, -0.15) is 0 Å². The molecule has 7 heteroatoms. The summed E-state index contributed by atoms with van der Waals surface area (Å²) in [5.41, 5.74) is 6.62. The fourth-order valence-electron chi connectivity index (χ4n) is 3.36. The predicted molar refractivity (Wildman–Crippen MR) is 108 cm³/mol. The van der Waals surface area contributed by atoms with Crippen molar-refractivity contribution in [2.75, 3.05) is 25.5 Å². The molecule has 0 aromatic heterocycles. The largest absolute Gasteiger partial charge is 0.444 e. The Bertz CT molecular complexity index is 650. The monoisotopic (exact) mass is 393 g/mol. The topological polar surface area (TPSA) is 84.7 Å². The van der Waals surface area contributed by atoms with E-state index in [2.05, 4.69) is 5.32 Å². The summed E-state index contributed by atoms with van der Waals surface area (Å²) >= 11 is 0. The number of nitrogens with one attached hydrogen (secondary N) is 1. The quantitative estimate of drug-likeness (QED) is 0.726. The zero-order chi connectivity index (χ0) is 20.7. The van der Waals surface area contributed by atoms with Crippen molar-refractivity contribution in [2.45, 2.75) is 58.1 Å². The number of nitrogens with two attached hydrogens (primary N) is 1. The molecule has 1 aliphatic rings. The van der Waals surface area contributed by atoms with Crippen molar-refractivity contribution < 1.29 is 18.7 Å². The molecule has 0 bridgehead atoms. The molecule has 0 spiro atoms. The van der Waals surface area contributed by atoms with Gasteiger partial charge in [0.05, 0.1) is 6.67 Å². The SMILES string of the molecule is CC(C)(C)OC(=O)NC(Cc1ccc(N)cc1)C(=O)N1CCC(CCF)CC1. The number of amides is 2. The van der Waals surface area contributed by atoms with Crippen LogP contribution in [0.15, 0.2) is 24.3 Å². The lowest BCUT2D eigenvalue weighted by atomic mass is 9.93. The van der Waals surface area contributed by atoms with Gasteiger partial charge in [0.25, 0.3) is 0 Å². The average Bonchev–Trinajstić information content (AvgIpc) is 2.62. The van der Waals surface area contributed by atoms with Crippen LogP contribution in [-0.2, 0) is 16.0 Å². The second kappa shape index (κ2) is 9.75. The minimum atomic E-state index is -0.726. The van der Waals surface area contributed by atoms with Crippen LogP contribution in [0.5, 0.6) is 0 Å². The molecule has 0 aliphatic carbocycles. The first-order chi connectivity index (χ1) is 13.2. The number of halogens is 1. The number of nitrogen functional groups attached to an aromatic ring is 1. The first kappa shape index (κ1) is 22.0. The molecule has 1 aliphatic heterocycles. The number of alkyl halides is 1. The third-order valence-electron chi connectivity index (χ3n) is 4.85. The van der Waals surface area contributed by atoms with Gasteiger partial charge in [-0.1, -0.05) is 12.1 Å². The van der Waals surface area contributed by atoms with Crippen LogP contribution in [0.25, 0.3) is 0 Å². The highest BCUT2D eigenvalue weighted by molar-refractivity contribution is 5.86. The van der Waals surface area contributed by atoms with E-state index in [1.807, 2.05) is 12.1 Å². The molecule has 0 radical (unpaired) electrons. The summed E-state index contributed by atoms with van der Waals surface area (Å²) in [5, 5.41) is 2.73. The minimum absolute atomic E-state index is 0.138. The lowest BCUT2D eigenvalue weighted by Gasteiger charge is -2.34. The first-order valence-corrected chi connectivity index (χ1v) is 9.86. The number of benzene rings is 1. The van der Waals surface area contributed by atoms with E-state index in [9.17, 15) is 14.0 Å². The molecule has 1 fully saturated rings. The van der Waals surface area contributed by atoms with E-state index < -0.39 is 17.7 Å². The van der Waals surface area contributed by atoms with Crippen LogP contribution >= 0.6 is 0 Å². The fraction of sp³-hybridized carbons (Fsp3) is 0.619. The summed E-state index contributed by atoms with van der Waals surface area (Å²) in [6.45, 7) is 6.17. The van der Waals surface area contributed by atoms with Gasteiger partial charge in [0.2, 0.25) is 5.91 Å².